The Morgan fingerprint density at radius 1 is 1.21 bits per heavy atom. The molecule has 0 aliphatic carbocycles. The number of fused-ring (bicyclic) bond motifs is 1. The summed E-state index contributed by atoms with van der Waals surface area (Å²) >= 11 is 2.82. The third kappa shape index (κ3) is 4.44. The molecule has 28 heavy (non-hydrogen) atoms. The van der Waals surface area contributed by atoms with Crippen LogP contribution in [0.4, 0.5) is 15.2 Å². The number of nitrogens with zero attached hydrogens (tertiary/aromatic N) is 2. The highest BCUT2D eigenvalue weighted by molar-refractivity contribution is 7.16. The molecular weight excluding hydrogens is 399 g/mol. The average molecular weight is 417 g/mol. The molecule has 2 N–H and O–H groups in total. The van der Waals surface area contributed by atoms with Gasteiger partial charge in [0, 0.05) is 30.1 Å². The van der Waals surface area contributed by atoms with E-state index in [1.807, 2.05) is 16.3 Å². The van der Waals surface area contributed by atoms with Gasteiger partial charge in [-0.3, -0.25) is 19.8 Å². The van der Waals surface area contributed by atoms with Crippen molar-refractivity contribution in [3.63, 3.8) is 0 Å². The van der Waals surface area contributed by atoms with Crippen molar-refractivity contribution >= 4 is 45.3 Å². The van der Waals surface area contributed by atoms with Crippen LogP contribution in [0.1, 0.15) is 20.2 Å². The Bertz CT molecular complexity index is 1000. The molecule has 3 heterocycles. The summed E-state index contributed by atoms with van der Waals surface area (Å²) in [6.07, 6.45) is 0.716. The highest BCUT2D eigenvalue weighted by atomic mass is 32.1. The quantitative estimate of drug-likeness (QED) is 0.667. The maximum atomic E-state index is 13.2. The Hall–Kier alpha value is -2.62. The van der Waals surface area contributed by atoms with Crippen LogP contribution in [0.5, 0.6) is 0 Å². The smallest absolute Gasteiger partial charge is 0.267 e. The number of benzene rings is 1. The highest BCUT2D eigenvalue weighted by Crippen LogP contribution is 2.28. The summed E-state index contributed by atoms with van der Waals surface area (Å²) in [5, 5.41) is 7.99. The number of nitrogens with one attached hydrogen (secondary N) is 2. The van der Waals surface area contributed by atoms with E-state index in [-0.39, 0.29) is 24.2 Å². The largest absolute Gasteiger partial charge is 0.325 e. The van der Waals surface area contributed by atoms with Crippen molar-refractivity contribution in [1.82, 2.24) is 9.88 Å². The molecule has 0 bridgehead atoms. The maximum Gasteiger partial charge on any atom is 0.267 e. The first kappa shape index (κ1) is 18.7. The lowest BCUT2D eigenvalue weighted by Gasteiger charge is -2.25. The maximum absolute atomic E-state index is 13.2. The van der Waals surface area contributed by atoms with E-state index in [2.05, 4.69) is 15.6 Å². The van der Waals surface area contributed by atoms with Gasteiger partial charge in [-0.2, -0.15) is 0 Å². The molecule has 1 aliphatic heterocycles. The predicted octanol–water partition coefficient (Wildman–Crippen LogP) is 3.59. The molecule has 0 saturated carbocycles. The number of thiophene rings is 1. The Kier molecular flexibility index (Phi) is 5.47. The fourth-order valence-corrected chi connectivity index (χ4v) is 4.64. The number of aromatic nitrogens is 1. The van der Waals surface area contributed by atoms with E-state index in [4.69, 9.17) is 0 Å². The number of anilines is 2. The third-order valence-corrected chi connectivity index (χ3v) is 6.12. The van der Waals surface area contributed by atoms with Crippen LogP contribution >= 0.6 is 22.7 Å². The minimum absolute atomic E-state index is 0.160. The molecule has 0 saturated heterocycles. The van der Waals surface area contributed by atoms with E-state index in [0.717, 1.165) is 10.6 Å². The second kappa shape index (κ2) is 8.17. The first-order valence-electron chi connectivity index (χ1n) is 8.68. The van der Waals surface area contributed by atoms with Gasteiger partial charge in [-0.25, -0.2) is 9.37 Å². The first-order chi connectivity index (χ1) is 13.6. The van der Waals surface area contributed by atoms with E-state index in [1.165, 1.54) is 34.8 Å². The summed E-state index contributed by atoms with van der Waals surface area (Å²) in [6, 6.07) is 9.44. The molecule has 0 unspecified atom stereocenters. The van der Waals surface area contributed by atoms with Crippen LogP contribution < -0.4 is 10.6 Å². The van der Waals surface area contributed by atoms with Crippen LogP contribution in [-0.4, -0.2) is 34.8 Å². The molecule has 9 heteroatoms. The molecule has 4 rings (SSSR count). The summed E-state index contributed by atoms with van der Waals surface area (Å²) in [7, 11) is 0. The van der Waals surface area contributed by atoms with E-state index < -0.39 is 0 Å². The number of hydrogen-bond acceptors (Lipinski definition) is 6. The van der Waals surface area contributed by atoms with Gasteiger partial charge >= 0.3 is 0 Å². The number of rotatable bonds is 5. The lowest BCUT2D eigenvalue weighted by molar-refractivity contribution is -0.117. The van der Waals surface area contributed by atoms with Crippen LogP contribution in [0.25, 0.3) is 0 Å². The van der Waals surface area contributed by atoms with Gasteiger partial charge in [0.15, 0.2) is 5.13 Å². The van der Waals surface area contributed by atoms with Crippen LogP contribution in [0.15, 0.2) is 41.8 Å². The zero-order valence-electron chi connectivity index (χ0n) is 14.8. The lowest BCUT2D eigenvalue weighted by Crippen LogP contribution is -2.36. The second-order valence-corrected chi connectivity index (χ2v) is 8.37. The summed E-state index contributed by atoms with van der Waals surface area (Å²) in [6.45, 7) is 1.51. The Balaban J connectivity index is 1.35. The SMILES string of the molecule is O=C(CN1CCc2nc(NC(=O)c3cccs3)sc2C1)Nc1cccc(F)c1. The minimum Gasteiger partial charge on any atom is -0.325 e. The molecule has 2 aromatic heterocycles. The standard InChI is InChI=1S/C19H17FN4O2S2/c20-12-3-1-4-13(9-12)21-17(25)11-24-7-6-14-16(10-24)28-19(22-14)23-18(26)15-5-2-8-27-15/h1-5,8-9H,6-7,10-11H2,(H,21,25)(H,22,23,26). The van der Waals surface area contributed by atoms with Gasteiger partial charge in [0.2, 0.25) is 5.91 Å². The van der Waals surface area contributed by atoms with Crippen molar-refractivity contribution in [2.45, 2.75) is 13.0 Å². The van der Waals surface area contributed by atoms with Gasteiger partial charge < -0.3 is 5.32 Å². The van der Waals surface area contributed by atoms with Crippen molar-refractivity contribution in [1.29, 1.82) is 0 Å². The summed E-state index contributed by atoms with van der Waals surface area (Å²) in [4.78, 5) is 32.6. The Morgan fingerprint density at radius 2 is 2.11 bits per heavy atom. The zero-order chi connectivity index (χ0) is 19.5. The van der Waals surface area contributed by atoms with E-state index in [0.29, 0.717) is 35.2 Å². The summed E-state index contributed by atoms with van der Waals surface area (Å²) < 4.78 is 13.2. The fraction of sp³-hybridized carbons (Fsp3) is 0.211. The van der Waals surface area contributed by atoms with Crippen LogP contribution in [0, 0.1) is 5.82 Å². The number of carbonyl (C=O) groups is 2. The van der Waals surface area contributed by atoms with E-state index in [1.54, 1.807) is 18.2 Å². The minimum atomic E-state index is -0.387. The predicted molar refractivity (Wildman–Crippen MR) is 108 cm³/mol. The van der Waals surface area contributed by atoms with Gasteiger partial charge in [0.1, 0.15) is 5.82 Å². The van der Waals surface area contributed by atoms with E-state index >= 15 is 0 Å². The van der Waals surface area contributed by atoms with Crippen molar-refractivity contribution in [3.8, 4) is 0 Å². The van der Waals surface area contributed by atoms with Gasteiger partial charge in [0.05, 0.1) is 17.1 Å². The highest BCUT2D eigenvalue weighted by Gasteiger charge is 2.23. The number of halogens is 1. The molecule has 0 radical (unpaired) electrons. The Labute approximate surface area is 169 Å². The average Bonchev–Trinajstić information content (AvgIpc) is 3.30. The topological polar surface area (TPSA) is 74.3 Å². The van der Waals surface area contributed by atoms with Crippen LogP contribution in [0.2, 0.25) is 0 Å². The number of carbonyl (C=O) groups excluding carboxylic acids is 2. The van der Waals surface area contributed by atoms with Gasteiger partial charge in [-0.1, -0.05) is 12.1 Å². The van der Waals surface area contributed by atoms with E-state index in [9.17, 15) is 14.0 Å². The second-order valence-electron chi connectivity index (χ2n) is 6.34. The fourth-order valence-electron chi connectivity index (χ4n) is 2.97. The van der Waals surface area contributed by atoms with Crippen molar-refractivity contribution in [2.75, 3.05) is 23.7 Å². The molecular formula is C19H17FN4O2S2. The van der Waals surface area contributed by atoms with Gasteiger partial charge in [-0.05, 0) is 29.6 Å². The normalized spacial score (nSPS) is 13.8. The lowest BCUT2D eigenvalue weighted by atomic mass is 10.2. The Morgan fingerprint density at radius 3 is 2.89 bits per heavy atom. The molecule has 144 valence electrons. The zero-order valence-corrected chi connectivity index (χ0v) is 16.4. The van der Waals surface area contributed by atoms with Crippen molar-refractivity contribution in [3.05, 3.63) is 63.0 Å². The molecule has 3 aromatic rings. The number of thiazole rings is 1. The first-order valence-corrected chi connectivity index (χ1v) is 10.4. The van der Waals surface area contributed by atoms with Crippen molar-refractivity contribution in [2.24, 2.45) is 0 Å². The molecule has 1 aliphatic rings. The third-order valence-electron chi connectivity index (χ3n) is 4.25. The summed E-state index contributed by atoms with van der Waals surface area (Å²) in [5.74, 6) is -0.737. The molecule has 0 atom stereocenters. The van der Waals surface area contributed by atoms with Crippen molar-refractivity contribution < 1.29 is 14.0 Å². The molecule has 2 amide bonds. The number of hydrogen-bond donors (Lipinski definition) is 2. The number of amides is 2. The summed E-state index contributed by atoms with van der Waals surface area (Å²) in [5.41, 5.74) is 1.41. The van der Waals surface area contributed by atoms with Crippen LogP contribution in [-0.2, 0) is 17.8 Å². The molecule has 0 fully saturated rings. The monoisotopic (exact) mass is 416 g/mol. The van der Waals surface area contributed by atoms with Crippen LogP contribution in [0.3, 0.4) is 0 Å². The molecule has 0 spiro atoms. The van der Waals surface area contributed by atoms with Gasteiger partial charge in [0.25, 0.3) is 5.91 Å². The molecule has 1 aromatic carbocycles. The molecule has 6 nitrogen and oxygen atoms in total. The van der Waals surface area contributed by atoms with Gasteiger partial charge in [-0.15, -0.1) is 22.7 Å².